The first-order valence-corrected chi connectivity index (χ1v) is 3.90. The van der Waals surface area contributed by atoms with Gasteiger partial charge in [-0.05, 0) is 25.7 Å². The van der Waals surface area contributed by atoms with Gasteiger partial charge in [0.15, 0.2) is 5.78 Å². The molecule has 2 heteroatoms. The maximum Gasteiger partial charge on any atom is 0.160 e. The molecule has 1 heterocycles. The molecule has 0 bridgehead atoms. The lowest BCUT2D eigenvalue weighted by atomic mass is 9.94. The SMILES string of the molecule is O=C1CCCC12CCC=N2. The molecule has 2 nitrogen and oxygen atoms in total. The molecule has 0 aromatic heterocycles. The lowest BCUT2D eigenvalue weighted by Gasteiger charge is -2.15. The van der Waals surface area contributed by atoms with E-state index in [1.807, 2.05) is 6.21 Å². The Morgan fingerprint density at radius 2 is 2.40 bits per heavy atom. The van der Waals surface area contributed by atoms with E-state index in [9.17, 15) is 4.79 Å². The van der Waals surface area contributed by atoms with Crippen molar-refractivity contribution in [3.05, 3.63) is 0 Å². The van der Waals surface area contributed by atoms with Gasteiger partial charge in [0, 0.05) is 12.6 Å². The maximum atomic E-state index is 11.3. The van der Waals surface area contributed by atoms with Gasteiger partial charge in [-0.3, -0.25) is 9.79 Å². The predicted octanol–water partition coefficient (Wildman–Crippen LogP) is 1.34. The summed E-state index contributed by atoms with van der Waals surface area (Å²) in [6.07, 6.45) is 6.70. The van der Waals surface area contributed by atoms with E-state index in [1.165, 1.54) is 0 Å². The molecular weight excluding hydrogens is 126 g/mol. The minimum absolute atomic E-state index is 0.222. The Labute approximate surface area is 60.3 Å². The Morgan fingerprint density at radius 1 is 1.50 bits per heavy atom. The Hall–Kier alpha value is -0.660. The van der Waals surface area contributed by atoms with Crippen LogP contribution in [0.3, 0.4) is 0 Å². The Bertz CT molecular complexity index is 197. The number of nitrogens with zero attached hydrogens (tertiary/aromatic N) is 1. The van der Waals surface area contributed by atoms with E-state index in [2.05, 4.69) is 4.99 Å². The summed E-state index contributed by atoms with van der Waals surface area (Å²) in [5.74, 6) is 0.376. The van der Waals surface area contributed by atoms with Crippen LogP contribution in [0.4, 0.5) is 0 Å². The lowest BCUT2D eigenvalue weighted by molar-refractivity contribution is -0.121. The van der Waals surface area contributed by atoms with Gasteiger partial charge in [-0.1, -0.05) is 0 Å². The molecule has 1 aliphatic carbocycles. The highest BCUT2D eigenvalue weighted by Gasteiger charge is 2.42. The molecule has 1 atom stereocenters. The van der Waals surface area contributed by atoms with Crippen molar-refractivity contribution in [3.8, 4) is 0 Å². The molecule has 54 valence electrons. The first-order chi connectivity index (χ1) is 4.83. The third-order valence-electron chi connectivity index (χ3n) is 2.54. The normalized spacial score (nSPS) is 38.2. The second-order valence-electron chi connectivity index (χ2n) is 3.16. The molecule has 1 fully saturated rings. The summed E-state index contributed by atoms with van der Waals surface area (Å²) in [5.41, 5.74) is -0.222. The highest BCUT2D eigenvalue weighted by Crippen LogP contribution is 2.36. The van der Waals surface area contributed by atoms with Gasteiger partial charge < -0.3 is 0 Å². The maximum absolute atomic E-state index is 11.3. The molecule has 0 N–H and O–H groups in total. The van der Waals surface area contributed by atoms with Gasteiger partial charge in [0.05, 0.1) is 0 Å². The van der Waals surface area contributed by atoms with Crippen molar-refractivity contribution in [3.63, 3.8) is 0 Å². The number of ketones is 1. The molecule has 2 rings (SSSR count). The Kier molecular flexibility index (Phi) is 1.16. The number of aliphatic imine (C=N–C) groups is 1. The topological polar surface area (TPSA) is 29.4 Å². The fourth-order valence-electron chi connectivity index (χ4n) is 1.92. The first kappa shape index (κ1) is 6.08. The third-order valence-corrected chi connectivity index (χ3v) is 2.54. The van der Waals surface area contributed by atoms with Crippen molar-refractivity contribution < 1.29 is 4.79 Å². The van der Waals surface area contributed by atoms with Crippen molar-refractivity contribution in [2.75, 3.05) is 0 Å². The van der Waals surface area contributed by atoms with E-state index in [1.54, 1.807) is 0 Å². The van der Waals surface area contributed by atoms with Crippen molar-refractivity contribution in [1.29, 1.82) is 0 Å². The van der Waals surface area contributed by atoms with Crippen LogP contribution in [-0.2, 0) is 4.79 Å². The zero-order valence-electron chi connectivity index (χ0n) is 5.97. The molecule has 1 unspecified atom stereocenters. The van der Waals surface area contributed by atoms with Gasteiger partial charge in [0.25, 0.3) is 0 Å². The van der Waals surface area contributed by atoms with E-state index in [4.69, 9.17) is 0 Å². The van der Waals surface area contributed by atoms with Crippen LogP contribution in [0.25, 0.3) is 0 Å². The summed E-state index contributed by atoms with van der Waals surface area (Å²) in [5, 5.41) is 0. The largest absolute Gasteiger partial charge is 0.297 e. The highest BCUT2D eigenvalue weighted by atomic mass is 16.1. The van der Waals surface area contributed by atoms with Crippen LogP contribution in [-0.4, -0.2) is 17.5 Å². The minimum atomic E-state index is -0.222. The van der Waals surface area contributed by atoms with Crippen LogP contribution in [0.1, 0.15) is 32.1 Å². The lowest BCUT2D eigenvalue weighted by Crippen LogP contribution is -2.28. The van der Waals surface area contributed by atoms with Crippen molar-refractivity contribution in [2.24, 2.45) is 4.99 Å². The van der Waals surface area contributed by atoms with E-state index in [0.717, 1.165) is 32.1 Å². The average molecular weight is 137 g/mol. The summed E-state index contributed by atoms with van der Waals surface area (Å²) in [7, 11) is 0. The molecule has 1 spiro atoms. The molecular formula is C8H11NO. The van der Waals surface area contributed by atoms with Gasteiger partial charge >= 0.3 is 0 Å². The number of hydrogen-bond donors (Lipinski definition) is 0. The first-order valence-electron chi connectivity index (χ1n) is 3.90. The van der Waals surface area contributed by atoms with E-state index in [0.29, 0.717) is 5.78 Å². The Morgan fingerprint density at radius 3 is 2.90 bits per heavy atom. The van der Waals surface area contributed by atoms with Crippen LogP contribution < -0.4 is 0 Å². The summed E-state index contributed by atoms with van der Waals surface area (Å²) < 4.78 is 0. The van der Waals surface area contributed by atoms with Crippen molar-refractivity contribution in [1.82, 2.24) is 0 Å². The molecule has 0 aromatic carbocycles. The van der Waals surface area contributed by atoms with Crippen molar-refractivity contribution in [2.45, 2.75) is 37.6 Å². The zero-order chi connectivity index (χ0) is 7.03. The van der Waals surface area contributed by atoms with Gasteiger partial charge in [-0.25, -0.2) is 0 Å². The number of hydrogen-bond acceptors (Lipinski definition) is 2. The van der Waals surface area contributed by atoms with Crippen LogP contribution in [0.15, 0.2) is 4.99 Å². The molecule has 0 aromatic rings. The third kappa shape index (κ3) is 0.648. The average Bonchev–Trinajstić information content (AvgIpc) is 2.48. The smallest absolute Gasteiger partial charge is 0.160 e. The number of carbonyl (C=O) groups excluding carboxylic acids is 1. The van der Waals surface area contributed by atoms with E-state index < -0.39 is 0 Å². The molecule has 10 heavy (non-hydrogen) atoms. The van der Waals surface area contributed by atoms with Crippen LogP contribution in [0, 0.1) is 0 Å². The fraction of sp³-hybridized carbons (Fsp3) is 0.750. The highest BCUT2D eigenvalue weighted by molar-refractivity contribution is 5.93. The van der Waals surface area contributed by atoms with Crippen LogP contribution in [0.5, 0.6) is 0 Å². The quantitative estimate of drug-likeness (QED) is 0.495. The monoisotopic (exact) mass is 137 g/mol. The van der Waals surface area contributed by atoms with Gasteiger partial charge in [-0.2, -0.15) is 0 Å². The van der Waals surface area contributed by atoms with Crippen LogP contribution in [0.2, 0.25) is 0 Å². The Balaban J connectivity index is 2.28. The number of Topliss-reactive ketones (excluding diaryl/α,β-unsaturated/α-hetero) is 1. The summed E-state index contributed by atoms with van der Waals surface area (Å²) in [6.45, 7) is 0. The molecule has 0 amide bonds. The van der Waals surface area contributed by atoms with Gasteiger partial charge in [0.2, 0.25) is 0 Å². The number of carbonyl (C=O) groups is 1. The number of rotatable bonds is 0. The standard InChI is InChI=1S/C8H11NO/c10-7-3-1-4-8(7)5-2-6-9-8/h6H,1-5H2. The second kappa shape index (κ2) is 1.91. The second-order valence-corrected chi connectivity index (χ2v) is 3.16. The molecule has 0 radical (unpaired) electrons. The summed E-state index contributed by atoms with van der Waals surface area (Å²) in [4.78, 5) is 15.6. The fourth-order valence-corrected chi connectivity index (χ4v) is 1.92. The van der Waals surface area contributed by atoms with Crippen molar-refractivity contribution >= 4 is 12.0 Å². The molecule has 0 saturated heterocycles. The van der Waals surface area contributed by atoms with Gasteiger partial charge in [0.1, 0.15) is 5.54 Å². The minimum Gasteiger partial charge on any atom is -0.297 e. The van der Waals surface area contributed by atoms with E-state index >= 15 is 0 Å². The molecule has 1 aliphatic heterocycles. The van der Waals surface area contributed by atoms with E-state index in [-0.39, 0.29) is 5.54 Å². The molecule has 2 aliphatic rings. The molecule has 1 saturated carbocycles. The zero-order valence-corrected chi connectivity index (χ0v) is 5.97. The van der Waals surface area contributed by atoms with Crippen LogP contribution >= 0.6 is 0 Å². The van der Waals surface area contributed by atoms with Gasteiger partial charge in [-0.15, -0.1) is 0 Å². The summed E-state index contributed by atoms with van der Waals surface area (Å²) >= 11 is 0. The predicted molar refractivity (Wildman–Crippen MR) is 39.3 cm³/mol. The summed E-state index contributed by atoms with van der Waals surface area (Å²) in [6, 6.07) is 0.